The molecule has 7 heteroatoms. The molecular formula is C24H23N3O2S2. The quantitative estimate of drug-likeness (QED) is 0.331. The van der Waals surface area contributed by atoms with Crippen LogP contribution in [0.25, 0.3) is 15.9 Å². The van der Waals surface area contributed by atoms with E-state index in [0.717, 1.165) is 17.7 Å². The third kappa shape index (κ3) is 4.73. The number of aryl methyl sites for hydroxylation is 1. The van der Waals surface area contributed by atoms with Crippen molar-refractivity contribution in [3.8, 4) is 5.69 Å². The van der Waals surface area contributed by atoms with Gasteiger partial charge in [0.2, 0.25) is 5.91 Å². The fourth-order valence-corrected chi connectivity index (χ4v) is 5.08. The van der Waals surface area contributed by atoms with Gasteiger partial charge in [-0.1, -0.05) is 60.3 Å². The maximum absolute atomic E-state index is 13.3. The summed E-state index contributed by atoms with van der Waals surface area (Å²) in [5.74, 6) is -0.0715. The molecule has 4 rings (SSSR count). The maximum atomic E-state index is 13.3. The highest BCUT2D eigenvalue weighted by molar-refractivity contribution is 8.00. The van der Waals surface area contributed by atoms with Crippen molar-refractivity contribution in [1.29, 1.82) is 0 Å². The summed E-state index contributed by atoms with van der Waals surface area (Å²) >= 11 is 2.74. The van der Waals surface area contributed by atoms with Crippen LogP contribution in [0.3, 0.4) is 0 Å². The van der Waals surface area contributed by atoms with Crippen molar-refractivity contribution in [2.75, 3.05) is 6.54 Å². The largest absolute Gasteiger partial charge is 0.355 e. The molecule has 0 saturated heterocycles. The SMILES string of the molecule is Cc1ccccc1-n1c(SC(C)C(=O)NCCc2ccccc2)nc2sccc2c1=O. The minimum absolute atomic E-state index is 0.0715. The predicted octanol–water partition coefficient (Wildman–Crippen LogP) is 4.60. The Morgan fingerprint density at radius 1 is 1.13 bits per heavy atom. The Balaban J connectivity index is 1.57. The number of hydrogen-bond donors (Lipinski definition) is 1. The molecule has 2 aromatic carbocycles. The highest BCUT2D eigenvalue weighted by atomic mass is 32.2. The third-order valence-corrected chi connectivity index (χ3v) is 6.89. The molecule has 1 amide bonds. The summed E-state index contributed by atoms with van der Waals surface area (Å²) in [6.07, 6.45) is 0.775. The van der Waals surface area contributed by atoms with Gasteiger partial charge in [-0.15, -0.1) is 11.3 Å². The van der Waals surface area contributed by atoms with Gasteiger partial charge in [0.15, 0.2) is 5.16 Å². The normalized spacial score (nSPS) is 12.1. The van der Waals surface area contributed by atoms with Crippen LogP contribution in [0.2, 0.25) is 0 Å². The number of aromatic nitrogens is 2. The van der Waals surface area contributed by atoms with Crippen LogP contribution in [-0.2, 0) is 11.2 Å². The summed E-state index contributed by atoms with van der Waals surface area (Å²) in [6.45, 7) is 4.37. The van der Waals surface area contributed by atoms with Gasteiger partial charge in [-0.2, -0.15) is 0 Å². The molecule has 0 bridgehead atoms. The summed E-state index contributed by atoms with van der Waals surface area (Å²) < 4.78 is 1.63. The second kappa shape index (κ2) is 9.49. The number of thioether (sulfide) groups is 1. The zero-order valence-corrected chi connectivity index (χ0v) is 19.0. The molecule has 0 saturated carbocycles. The molecule has 2 heterocycles. The van der Waals surface area contributed by atoms with Gasteiger partial charge in [-0.3, -0.25) is 14.2 Å². The van der Waals surface area contributed by atoms with E-state index >= 15 is 0 Å². The Morgan fingerprint density at radius 2 is 1.87 bits per heavy atom. The average Bonchev–Trinajstić information content (AvgIpc) is 3.24. The first-order valence-electron chi connectivity index (χ1n) is 10.1. The molecule has 5 nitrogen and oxygen atoms in total. The van der Waals surface area contributed by atoms with Crippen LogP contribution in [0.1, 0.15) is 18.1 Å². The molecule has 1 atom stereocenters. The lowest BCUT2D eigenvalue weighted by atomic mass is 10.1. The van der Waals surface area contributed by atoms with Crippen molar-refractivity contribution in [2.24, 2.45) is 0 Å². The second-order valence-corrected chi connectivity index (χ2v) is 9.45. The van der Waals surface area contributed by atoms with Crippen LogP contribution in [0.5, 0.6) is 0 Å². The predicted molar refractivity (Wildman–Crippen MR) is 128 cm³/mol. The monoisotopic (exact) mass is 449 g/mol. The standard InChI is InChI=1S/C24H23N3O2S2/c1-16-8-6-7-11-20(16)27-23(29)19-13-15-30-22(19)26-24(27)31-17(2)21(28)25-14-12-18-9-4-3-5-10-18/h3-11,13,15,17H,12,14H2,1-2H3,(H,25,28). The third-order valence-electron chi connectivity index (χ3n) is 5.03. The topological polar surface area (TPSA) is 64.0 Å². The van der Waals surface area contributed by atoms with Crippen molar-refractivity contribution in [1.82, 2.24) is 14.9 Å². The van der Waals surface area contributed by atoms with Crippen molar-refractivity contribution in [3.05, 3.63) is 87.5 Å². The molecule has 31 heavy (non-hydrogen) atoms. The zero-order valence-electron chi connectivity index (χ0n) is 17.4. The van der Waals surface area contributed by atoms with E-state index in [4.69, 9.17) is 4.98 Å². The van der Waals surface area contributed by atoms with Gasteiger partial charge in [0.1, 0.15) is 4.83 Å². The fourth-order valence-electron chi connectivity index (χ4n) is 3.33. The fraction of sp³-hybridized carbons (Fsp3) is 0.208. The number of rotatable bonds is 7. The lowest BCUT2D eigenvalue weighted by Crippen LogP contribution is -2.33. The van der Waals surface area contributed by atoms with Gasteiger partial charge >= 0.3 is 0 Å². The molecule has 0 aliphatic heterocycles. The van der Waals surface area contributed by atoms with E-state index in [0.29, 0.717) is 21.9 Å². The molecular weight excluding hydrogens is 426 g/mol. The lowest BCUT2D eigenvalue weighted by molar-refractivity contribution is -0.120. The molecule has 158 valence electrons. The Bertz CT molecular complexity index is 1260. The van der Waals surface area contributed by atoms with E-state index in [2.05, 4.69) is 5.32 Å². The van der Waals surface area contributed by atoms with E-state index in [1.807, 2.05) is 73.8 Å². The minimum atomic E-state index is -0.393. The minimum Gasteiger partial charge on any atom is -0.355 e. The maximum Gasteiger partial charge on any atom is 0.267 e. The highest BCUT2D eigenvalue weighted by Crippen LogP contribution is 2.27. The molecule has 0 spiro atoms. The molecule has 0 aliphatic rings. The van der Waals surface area contributed by atoms with E-state index in [1.165, 1.54) is 28.7 Å². The first-order chi connectivity index (χ1) is 15.0. The number of fused-ring (bicyclic) bond motifs is 1. The lowest BCUT2D eigenvalue weighted by Gasteiger charge is -2.17. The number of para-hydroxylation sites is 1. The number of nitrogens with one attached hydrogen (secondary N) is 1. The molecule has 0 fully saturated rings. The van der Waals surface area contributed by atoms with E-state index in [1.54, 1.807) is 10.6 Å². The van der Waals surface area contributed by atoms with Crippen molar-refractivity contribution >= 4 is 39.2 Å². The van der Waals surface area contributed by atoms with Gasteiger partial charge in [0.25, 0.3) is 5.56 Å². The van der Waals surface area contributed by atoms with E-state index in [-0.39, 0.29) is 11.5 Å². The van der Waals surface area contributed by atoms with Crippen LogP contribution in [-0.4, -0.2) is 27.3 Å². The van der Waals surface area contributed by atoms with Crippen LogP contribution >= 0.6 is 23.1 Å². The molecule has 2 aromatic heterocycles. The van der Waals surface area contributed by atoms with Crippen LogP contribution < -0.4 is 10.9 Å². The molecule has 1 unspecified atom stereocenters. The summed E-state index contributed by atoms with van der Waals surface area (Å²) in [7, 11) is 0. The van der Waals surface area contributed by atoms with Crippen LogP contribution in [0.4, 0.5) is 0 Å². The summed E-state index contributed by atoms with van der Waals surface area (Å²) in [5.41, 5.74) is 2.83. The summed E-state index contributed by atoms with van der Waals surface area (Å²) in [6, 6.07) is 19.6. The number of thiophene rings is 1. The van der Waals surface area contributed by atoms with E-state index < -0.39 is 5.25 Å². The Labute approximate surface area is 189 Å². The first kappa shape index (κ1) is 21.3. The van der Waals surface area contributed by atoms with Gasteiger partial charge in [0, 0.05) is 6.54 Å². The average molecular weight is 450 g/mol. The Hall–Kier alpha value is -2.90. The van der Waals surface area contributed by atoms with Crippen molar-refractivity contribution < 1.29 is 4.79 Å². The van der Waals surface area contributed by atoms with Crippen molar-refractivity contribution in [3.63, 3.8) is 0 Å². The Morgan fingerprint density at radius 3 is 2.65 bits per heavy atom. The first-order valence-corrected chi connectivity index (χ1v) is 11.8. The van der Waals surface area contributed by atoms with E-state index in [9.17, 15) is 9.59 Å². The Kier molecular flexibility index (Phi) is 6.53. The second-order valence-electron chi connectivity index (χ2n) is 7.25. The summed E-state index contributed by atoms with van der Waals surface area (Å²) in [4.78, 5) is 31.4. The number of amides is 1. The number of carbonyl (C=O) groups excluding carboxylic acids is 1. The number of hydrogen-bond acceptors (Lipinski definition) is 5. The van der Waals surface area contributed by atoms with Gasteiger partial charge in [0.05, 0.1) is 16.3 Å². The number of benzene rings is 2. The zero-order chi connectivity index (χ0) is 21.8. The summed E-state index contributed by atoms with van der Waals surface area (Å²) in [5, 5.41) is 5.60. The molecule has 0 aliphatic carbocycles. The smallest absolute Gasteiger partial charge is 0.267 e. The molecule has 1 N–H and O–H groups in total. The highest BCUT2D eigenvalue weighted by Gasteiger charge is 2.21. The van der Waals surface area contributed by atoms with Crippen LogP contribution in [0.15, 0.2) is 76.0 Å². The van der Waals surface area contributed by atoms with Gasteiger partial charge < -0.3 is 5.32 Å². The van der Waals surface area contributed by atoms with Crippen LogP contribution in [0, 0.1) is 6.92 Å². The number of nitrogens with zero attached hydrogens (tertiary/aromatic N) is 2. The van der Waals surface area contributed by atoms with Gasteiger partial charge in [-0.25, -0.2) is 4.98 Å². The molecule has 4 aromatic rings. The van der Waals surface area contributed by atoms with Crippen molar-refractivity contribution in [2.45, 2.75) is 30.7 Å². The number of carbonyl (C=O) groups is 1. The molecule has 0 radical (unpaired) electrons. The van der Waals surface area contributed by atoms with Gasteiger partial charge in [-0.05, 0) is 48.9 Å².